The maximum atomic E-state index is 5.97. The van der Waals surface area contributed by atoms with E-state index in [0.717, 1.165) is 19.4 Å². The van der Waals surface area contributed by atoms with E-state index in [1.54, 1.807) is 5.01 Å². The van der Waals surface area contributed by atoms with Crippen LogP contribution in [-0.2, 0) is 6.42 Å². The van der Waals surface area contributed by atoms with Crippen molar-refractivity contribution in [1.29, 1.82) is 0 Å². The normalized spacial score (nSPS) is 13.1. The predicted octanol–water partition coefficient (Wildman–Crippen LogP) is 0.752. The van der Waals surface area contributed by atoms with Crippen LogP contribution in [0.4, 0.5) is 0 Å². The molecule has 1 aromatic rings. The summed E-state index contributed by atoms with van der Waals surface area (Å²) in [5.41, 5.74) is 7.26. The molecule has 0 saturated heterocycles. The quantitative estimate of drug-likeness (QED) is 0.536. The van der Waals surface area contributed by atoms with E-state index in [1.807, 2.05) is 25.2 Å². The zero-order valence-corrected chi connectivity index (χ0v) is 8.69. The van der Waals surface area contributed by atoms with E-state index in [2.05, 4.69) is 12.1 Å². The molecular weight excluding hydrogens is 174 g/mol. The number of nitrogens with two attached hydrogens (primary N) is 2. The lowest BCUT2D eigenvalue weighted by atomic mass is 10.0. The molecular formula is C11H19N3. The van der Waals surface area contributed by atoms with Gasteiger partial charge in [0.2, 0.25) is 0 Å². The second-order valence-corrected chi connectivity index (χ2v) is 3.72. The molecule has 1 atom stereocenters. The molecule has 14 heavy (non-hydrogen) atoms. The van der Waals surface area contributed by atoms with Crippen molar-refractivity contribution < 1.29 is 0 Å². The average molecular weight is 193 g/mol. The number of hydrogen-bond donors (Lipinski definition) is 2. The largest absolute Gasteiger partial charge is 0.327 e. The van der Waals surface area contributed by atoms with Crippen LogP contribution < -0.4 is 11.6 Å². The molecule has 4 N–H and O–H groups in total. The Bertz CT molecular complexity index is 246. The zero-order chi connectivity index (χ0) is 10.4. The summed E-state index contributed by atoms with van der Waals surface area (Å²) in [6.07, 6.45) is 1.86. The van der Waals surface area contributed by atoms with Gasteiger partial charge in [0.15, 0.2) is 0 Å². The Balaban J connectivity index is 2.30. The van der Waals surface area contributed by atoms with Crippen molar-refractivity contribution in [3.05, 3.63) is 35.9 Å². The molecule has 1 rings (SSSR count). The van der Waals surface area contributed by atoms with Gasteiger partial charge < -0.3 is 5.73 Å². The van der Waals surface area contributed by atoms with Gasteiger partial charge in [0, 0.05) is 19.6 Å². The molecule has 0 radical (unpaired) electrons. The van der Waals surface area contributed by atoms with Gasteiger partial charge in [-0.3, -0.25) is 10.9 Å². The van der Waals surface area contributed by atoms with Gasteiger partial charge in [-0.25, -0.2) is 0 Å². The summed E-state index contributed by atoms with van der Waals surface area (Å²) in [4.78, 5) is 0. The monoisotopic (exact) mass is 193 g/mol. The topological polar surface area (TPSA) is 55.3 Å². The van der Waals surface area contributed by atoms with Crippen molar-refractivity contribution in [2.75, 3.05) is 13.6 Å². The Morgan fingerprint density at radius 2 is 1.93 bits per heavy atom. The number of rotatable bonds is 5. The fourth-order valence-corrected chi connectivity index (χ4v) is 1.39. The molecule has 0 unspecified atom stereocenters. The highest BCUT2D eigenvalue weighted by Crippen LogP contribution is 2.03. The maximum absolute atomic E-state index is 5.97. The van der Waals surface area contributed by atoms with Gasteiger partial charge in [0.1, 0.15) is 0 Å². The first-order valence-electron chi connectivity index (χ1n) is 4.94. The molecule has 0 aliphatic heterocycles. The van der Waals surface area contributed by atoms with Gasteiger partial charge in [-0.2, -0.15) is 0 Å². The third-order valence-electron chi connectivity index (χ3n) is 2.19. The van der Waals surface area contributed by atoms with Crippen molar-refractivity contribution in [3.63, 3.8) is 0 Å². The van der Waals surface area contributed by atoms with Crippen LogP contribution in [0.2, 0.25) is 0 Å². The summed E-state index contributed by atoms with van der Waals surface area (Å²) in [5, 5.41) is 1.67. The van der Waals surface area contributed by atoms with Gasteiger partial charge in [-0.15, -0.1) is 0 Å². The summed E-state index contributed by atoms with van der Waals surface area (Å²) in [6, 6.07) is 10.5. The fourth-order valence-electron chi connectivity index (χ4n) is 1.39. The highest BCUT2D eigenvalue weighted by Gasteiger charge is 2.04. The molecule has 0 bridgehead atoms. The lowest BCUT2D eigenvalue weighted by Gasteiger charge is -2.14. The highest BCUT2D eigenvalue weighted by atomic mass is 15.4. The van der Waals surface area contributed by atoms with Crippen molar-refractivity contribution >= 4 is 0 Å². The summed E-state index contributed by atoms with van der Waals surface area (Å²) < 4.78 is 0. The first-order valence-corrected chi connectivity index (χ1v) is 4.94. The number of nitrogens with zero attached hydrogens (tertiary/aromatic N) is 1. The third kappa shape index (κ3) is 4.37. The minimum atomic E-state index is 0.198. The van der Waals surface area contributed by atoms with E-state index in [1.165, 1.54) is 5.56 Å². The van der Waals surface area contributed by atoms with Crippen molar-refractivity contribution in [3.8, 4) is 0 Å². The summed E-state index contributed by atoms with van der Waals surface area (Å²) in [6.45, 7) is 0.841. The van der Waals surface area contributed by atoms with E-state index >= 15 is 0 Å². The number of benzene rings is 1. The molecule has 0 aliphatic carbocycles. The summed E-state index contributed by atoms with van der Waals surface area (Å²) in [5.74, 6) is 5.51. The van der Waals surface area contributed by atoms with E-state index in [4.69, 9.17) is 11.6 Å². The standard InChI is InChI=1S/C11H19N3/c1-14(13)8-7-11(12)9-10-5-3-2-4-6-10/h2-6,11H,7-9,12-13H2,1H3/t11-/m1/s1. The first kappa shape index (κ1) is 11.2. The predicted molar refractivity (Wildman–Crippen MR) is 59.6 cm³/mol. The Labute approximate surface area is 85.7 Å². The van der Waals surface area contributed by atoms with Crippen LogP contribution in [0.3, 0.4) is 0 Å². The van der Waals surface area contributed by atoms with Crippen molar-refractivity contribution in [2.45, 2.75) is 18.9 Å². The highest BCUT2D eigenvalue weighted by molar-refractivity contribution is 5.15. The van der Waals surface area contributed by atoms with Crippen LogP contribution in [0.15, 0.2) is 30.3 Å². The molecule has 0 heterocycles. The summed E-state index contributed by atoms with van der Waals surface area (Å²) in [7, 11) is 1.86. The van der Waals surface area contributed by atoms with Crippen LogP contribution >= 0.6 is 0 Å². The molecule has 0 aromatic heterocycles. The van der Waals surface area contributed by atoms with Crippen LogP contribution in [0, 0.1) is 0 Å². The second-order valence-electron chi connectivity index (χ2n) is 3.72. The minimum Gasteiger partial charge on any atom is -0.327 e. The number of hydrazine groups is 1. The van der Waals surface area contributed by atoms with Gasteiger partial charge in [-0.1, -0.05) is 30.3 Å². The minimum absolute atomic E-state index is 0.198. The molecule has 0 aliphatic rings. The van der Waals surface area contributed by atoms with Crippen LogP contribution in [0.1, 0.15) is 12.0 Å². The van der Waals surface area contributed by atoms with E-state index in [-0.39, 0.29) is 6.04 Å². The zero-order valence-electron chi connectivity index (χ0n) is 8.69. The lowest BCUT2D eigenvalue weighted by molar-refractivity contribution is 0.329. The molecule has 3 heteroatoms. The Morgan fingerprint density at radius 1 is 1.29 bits per heavy atom. The van der Waals surface area contributed by atoms with Crippen molar-refractivity contribution in [2.24, 2.45) is 11.6 Å². The average Bonchev–Trinajstić information content (AvgIpc) is 2.16. The Morgan fingerprint density at radius 3 is 2.50 bits per heavy atom. The molecule has 0 saturated carbocycles. The van der Waals surface area contributed by atoms with E-state index in [0.29, 0.717) is 0 Å². The molecule has 0 amide bonds. The third-order valence-corrected chi connectivity index (χ3v) is 2.19. The van der Waals surface area contributed by atoms with Crippen LogP contribution in [-0.4, -0.2) is 24.6 Å². The van der Waals surface area contributed by atoms with Crippen LogP contribution in [0.5, 0.6) is 0 Å². The SMILES string of the molecule is CN(N)CC[C@@H](N)Cc1ccccc1. The van der Waals surface area contributed by atoms with E-state index in [9.17, 15) is 0 Å². The van der Waals surface area contributed by atoms with Crippen molar-refractivity contribution in [1.82, 2.24) is 5.01 Å². The fraction of sp³-hybridized carbons (Fsp3) is 0.455. The van der Waals surface area contributed by atoms with Gasteiger partial charge >= 0.3 is 0 Å². The Kier molecular flexibility index (Phi) is 4.59. The smallest absolute Gasteiger partial charge is 0.0140 e. The van der Waals surface area contributed by atoms with Gasteiger partial charge in [0.25, 0.3) is 0 Å². The molecule has 78 valence electrons. The maximum Gasteiger partial charge on any atom is 0.0140 e. The van der Waals surface area contributed by atoms with Gasteiger partial charge in [0.05, 0.1) is 0 Å². The van der Waals surface area contributed by atoms with Crippen LogP contribution in [0.25, 0.3) is 0 Å². The molecule has 0 spiro atoms. The number of hydrogen-bond acceptors (Lipinski definition) is 3. The molecule has 0 fully saturated rings. The van der Waals surface area contributed by atoms with Gasteiger partial charge in [-0.05, 0) is 18.4 Å². The molecule has 1 aromatic carbocycles. The van der Waals surface area contributed by atoms with E-state index < -0.39 is 0 Å². The first-order chi connectivity index (χ1) is 6.68. The summed E-state index contributed by atoms with van der Waals surface area (Å²) >= 11 is 0. The lowest BCUT2D eigenvalue weighted by Crippen LogP contribution is -2.33. The Hall–Kier alpha value is -0.900. The molecule has 3 nitrogen and oxygen atoms in total. The second kappa shape index (κ2) is 5.75.